The molecule has 0 radical (unpaired) electrons. The molecule has 2 nitrogen and oxygen atoms in total. The molecule has 1 aromatic carbocycles. The van der Waals surface area contributed by atoms with Crippen molar-refractivity contribution in [2.24, 2.45) is 5.92 Å². The molecule has 1 atom stereocenters. The molecule has 1 unspecified atom stereocenters. The number of rotatable bonds is 6. The van der Waals surface area contributed by atoms with E-state index >= 15 is 0 Å². The van der Waals surface area contributed by atoms with Crippen molar-refractivity contribution in [3.05, 3.63) is 34.3 Å². The van der Waals surface area contributed by atoms with Crippen LogP contribution in [0.5, 0.6) is 0 Å². The second-order valence-corrected chi connectivity index (χ2v) is 7.81. The van der Waals surface area contributed by atoms with Crippen molar-refractivity contribution in [1.82, 2.24) is 5.32 Å². The van der Waals surface area contributed by atoms with E-state index in [1.807, 2.05) is 6.92 Å². The lowest BCUT2D eigenvalue weighted by atomic mass is 9.75. The average Bonchev–Trinajstić information content (AvgIpc) is 2.27. The van der Waals surface area contributed by atoms with E-state index in [1.165, 1.54) is 18.4 Å². The van der Waals surface area contributed by atoms with Crippen molar-refractivity contribution in [2.45, 2.75) is 57.6 Å². The van der Waals surface area contributed by atoms with E-state index < -0.39 is 5.60 Å². The Kier molecular flexibility index (Phi) is 5.27. The smallest absolute Gasteiger partial charge is 0.0746 e. The topological polar surface area (TPSA) is 32.3 Å². The van der Waals surface area contributed by atoms with Gasteiger partial charge in [-0.3, -0.25) is 0 Å². The van der Waals surface area contributed by atoms with Crippen LogP contribution in [0.3, 0.4) is 0 Å². The van der Waals surface area contributed by atoms with Crippen molar-refractivity contribution >= 4 is 15.9 Å². The molecule has 2 rings (SSSR count). The van der Waals surface area contributed by atoms with Gasteiger partial charge in [0.1, 0.15) is 0 Å². The fourth-order valence-electron chi connectivity index (χ4n) is 3.11. The van der Waals surface area contributed by atoms with E-state index in [2.05, 4.69) is 59.4 Å². The Morgan fingerprint density at radius 3 is 2.45 bits per heavy atom. The monoisotopic (exact) mass is 339 g/mol. The maximum atomic E-state index is 10.3. The molecule has 0 bridgehead atoms. The zero-order chi connectivity index (χ0) is 14.8. The maximum absolute atomic E-state index is 10.3. The van der Waals surface area contributed by atoms with Crippen LogP contribution < -0.4 is 5.32 Å². The SMILES string of the molecule is CC(C)CC(C)(O)CNC1CC(c2ccc(Br)cc2)C1. The molecular formula is C17H26BrNO. The van der Waals surface area contributed by atoms with Gasteiger partial charge in [-0.15, -0.1) is 0 Å². The average molecular weight is 340 g/mol. The molecule has 0 aliphatic heterocycles. The molecule has 1 aliphatic carbocycles. The predicted octanol–water partition coefficient (Wildman–Crippen LogP) is 4.08. The minimum Gasteiger partial charge on any atom is -0.389 e. The second kappa shape index (κ2) is 6.59. The summed E-state index contributed by atoms with van der Waals surface area (Å²) >= 11 is 3.47. The van der Waals surface area contributed by atoms with Gasteiger partial charge in [-0.05, 0) is 55.7 Å². The number of hydrogen-bond acceptors (Lipinski definition) is 2. The van der Waals surface area contributed by atoms with E-state index in [-0.39, 0.29) is 0 Å². The fraction of sp³-hybridized carbons (Fsp3) is 0.647. The lowest BCUT2D eigenvalue weighted by Crippen LogP contribution is -2.47. The second-order valence-electron chi connectivity index (χ2n) is 6.89. The summed E-state index contributed by atoms with van der Waals surface area (Å²) < 4.78 is 1.14. The Hall–Kier alpha value is -0.380. The highest BCUT2D eigenvalue weighted by Gasteiger charge is 2.32. The first-order chi connectivity index (χ1) is 9.35. The van der Waals surface area contributed by atoms with Gasteiger partial charge in [-0.2, -0.15) is 0 Å². The van der Waals surface area contributed by atoms with Crippen LogP contribution in [0.4, 0.5) is 0 Å². The first-order valence-corrected chi connectivity index (χ1v) is 8.36. The molecule has 0 aromatic heterocycles. The van der Waals surface area contributed by atoms with Crippen LogP contribution in [-0.4, -0.2) is 23.3 Å². The Bertz CT molecular complexity index is 421. The van der Waals surface area contributed by atoms with E-state index in [9.17, 15) is 5.11 Å². The summed E-state index contributed by atoms with van der Waals surface area (Å²) in [6, 6.07) is 9.20. The molecule has 0 heterocycles. The predicted molar refractivity (Wildman–Crippen MR) is 88.0 cm³/mol. The van der Waals surface area contributed by atoms with Gasteiger partial charge >= 0.3 is 0 Å². The van der Waals surface area contributed by atoms with Gasteiger partial charge in [0, 0.05) is 17.1 Å². The summed E-state index contributed by atoms with van der Waals surface area (Å²) in [7, 11) is 0. The van der Waals surface area contributed by atoms with Crippen LogP contribution >= 0.6 is 15.9 Å². The molecule has 0 spiro atoms. The van der Waals surface area contributed by atoms with Crippen molar-refractivity contribution in [2.75, 3.05) is 6.54 Å². The Morgan fingerprint density at radius 1 is 1.30 bits per heavy atom. The zero-order valence-electron chi connectivity index (χ0n) is 12.7. The molecule has 0 amide bonds. The summed E-state index contributed by atoms with van der Waals surface area (Å²) in [4.78, 5) is 0. The largest absolute Gasteiger partial charge is 0.389 e. The molecule has 1 aliphatic rings. The highest BCUT2D eigenvalue weighted by Crippen LogP contribution is 2.37. The van der Waals surface area contributed by atoms with Crippen LogP contribution in [0.2, 0.25) is 0 Å². The van der Waals surface area contributed by atoms with Gasteiger partial charge in [-0.25, -0.2) is 0 Å². The lowest BCUT2D eigenvalue weighted by molar-refractivity contribution is 0.0320. The van der Waals surface area contributed by atoms with Crippen molar-refractivity contribution in [3.8, 4) is 0 Å². The van der Waals surface area contributed by atoms with Crippen molar-refractivity contribution in [3.63, 3.8) is 0 Å². The summed E-state index contributed by atoms with van der Waals surface area (Å²) in [5.41, 5.74) is 0.844. The highest BCUT2D eigenvalue weighted by atomic mass is 79.9. The molecule has 112 valence electrons. The van der Waals surface area contributed by atoms with E-state index in [4.69, 9.17) is 0 Å². The normalized spacial score (nSPS) is 25.3. The van der Waals surface area contributed by atoms with Gasteiger partial charge in [0.2, 0.25) is 0 Å². The number of hydrogen-bond donors (Lipinski definition) is 2. The number of halogens is 1. The van der Waals surface area contributed by atoms with Gasteiger partial charge in [0.25, 0.3) is 0 Å². The Morgan fingerprint density at radius 2 is 1.90 bits per heavy atom. The van der Waals surface area contributed by atoms with Crippen molar-refractivity contribution in [1.29, 1.82) is 0 Å². The molecule has 0 saturated heterocycles. The van der Waals surface area contributed by atoms with Crippen LogP contribution in [0, 0.1) is 5.92 Å². The first-order valence-electron chi connectivity index (χ1n) is 7.57. The van der Waals surface area contributed by atoms with Gasteiger partial charge in [0.15, 0.2) is 0 Å². The molecule has 1 aromatic rings. The minimum absolute atomic E-state index is 0.531. The first kappa shape index (κ1) is 16.0. The maximum Gasteiger partial charge on any atom is 0.0746 e. The summed E-state index contributed by atoms with van der Waals surface area (Å²) in [6.45, 7) is 6.94. The summed E-state index contributed by atoms with van der Waals surface area (Å²) in [5, 5.41) is 13.8. The molecule has 1 fully saturated rings. The lowest BCUT2D eigenvalue weighted by Gasteiger charge is -2.38. The third-order valence-corrected chi connectivity index (χ3v) is 4.63. The third kappa shape index (κ3) is 4.57. The van der Waals surface area contributed by atoms with Crippen LogP contribution in [0.1, 0.15) is 51.5 Å². The molecular weight excluding hydrogens is 314 g/mol. The zero-order valence-corrected chi connectivity index (χ0v) is 14.3. The molecule has 20 heavy (non-hydrogen) atoms. The molecule has 3 heteroatoms. The highest BCUT2D eigenvalue weighted by molar-refractivity contribution is 9.10. The number of aliphatic hydroxyl groups is 1. The van der Waals surface area contributed by atoms with Crippen LogP contribution in [-0.2, 0) is 0 Å². The number of benzene rings is 1. The Labute approximate surface area is 131 Å². The van der Waals surface area contributed by atoms with E-state index in [0.717, 1.165) is 10.9 Å². The molecule has 1 saturated carbocycles. The fourth-order valence-corrected chi connectivity index (χ4v) is 3.37. The molecule has 2 N–H and O–H groups in total. The minimum atomic E-state index is -0.586. The van der Waals surface area contributed by atoms with E-state index in [0.29, 0.717) is 24.4 Å². The van der Waals surface area contributed by atoms with Gasteiger partial charge < -0.3 is 10.4 Å². The van der Waals surface area contributed by atoms with Gasteiger partial charge in [0.05, 0.1) is 5.60 Å². The quantitative estimate of drug-likeness (QED) is 0.818. The third-order valence-electron chi connectivity index (χ3n) is 4.10. The standard InChI is InChI=1S/C17H26BrNO/c1-12(2)10-17(3,20)11-19-16-8-14(9-16)13-4-6-15(18)7-5-13/h4-7,12,14,16,19-20H,8-11H2,1-3H3. The van der Waals surface area contributed by atoms with Gasteiger partial charge in [-0.1, -0.05) is 41.9 Å². The Balaban J connectivity index is 1.73. The van der Waals surface area contributed by atoms with Crippen molar-refractivity contribution < 1.29 is 5.11 Å². The van der Waals surface area contributed by atoms with Crippen LogP contribution in [0.25, 0.3) is 0 Å². The number of nitrogens with one attached hydrogen (secondary N) is 1. The van der Waals surface area contributed by atoms with E-state index in [1.54, 1.807) is 0 Å². The summed E-state index contributed by atoms with van der Waals surface area (Å²) in [6.07, 6.45) is 3.21. The van der Waals surface area contributed by atoms with Crippen LogP contribution in [0.15, 0.2) is 28.7 Å². The summed E-state index contributed by atoms with van der Waals surface area (Å²) in [5.74, 6) is 1.21.